The van der Waals surface area contributed by atoms with Gasteiger partial charge in [0.05, 0.1) is 11.6 Å². The molecule has 2 unspecified atom stereocenters. The molecule has 0 fully saturated rings. The molecule has 3 heteroatoms. The van der Waals surface area contributed by atoms with Crippen molar-refractivity contribution in [1.82, 2.24) is 0 Å². The van der Waals surface area contributed by atoms with Crippen LogP contribution in [-0.2, 0) is 0 Å². The molecule has 2 aromatic rings. The quantitative estimate of drug-likeness (QED) is 0.881. The lowest BCUT2D eigenvalue weighted by Crippen LogP contribution is -2.31. The molecule has 22 heavy (non-hydrogen) atoms. The van der Waals surface area contributed by atoms with Crippen molar-refractivity contribution in [2.45, 2.75) is 31.4 Å². The van der Waals surface area contributed by atoms with Gasteiger partial charge in [-0.1, -0.05) is 49.4 Å². The maximum absolute atomic E-state index is 10.3. The summed E-state index contributed by atoms with van der Waals surface area (Å²) in [7, 11) is 0. The summed E-state index contributed by atoms with van der Waals surface area (Å²) in [5.74, 6) is 0.813. The largest absolute Gasteiger partial charge is 0.490 e. The van der Waals surface area contributed by atoms with Gasteiger partial charge in [-0.2, -0.15) is 0 Å². The van der Waals surface area contributed by atoms with Crippen LogP contribution in [0.1, 0.15) is 19.8 Å². The van der Waals surface area contributed by atoms with E-state index in [1.807, 2.05) is 42.6 Å². The van der Waals surface area contributed by atoms with E-state index in [1.54, 1.807) is 0 Å². The molecule has 0 radical (unpaired) electrons. The van der Waals surface area contributed by atoms with Gasteiger partial charge in [0, 0.05) is 18.0 Å². The normalized spacial score (nSPS) is 21.4. The van der Waals surface area contributed by atoms with Crippen LogP contribution in [0.2, 0.25) is 0 Å². The lowest BCUT2D eigenvalue weighted by molar-refractivity contribution is 0.0861. The minimum atomic E-state index is -0.543. The number of benzene rings is 2. The van der Waals surface area contributed by atoms with Crippen molar-refractivity contribution in [1.29, 1.82) is 0 Å². The summed E-state index contributed by atoms with van der Waals surface area (Å²) in [6.45, 7) is 2.37. The van der Waals surface area contributed by atoms with Gasteiger partial charge in [-0.3, -0.25) is 4.99 Å². The standard InChI is InChI=1S/C19H21NO2/c1-2-19(11-6-12-20-19)13-16(21)14-22-18-10-5-8-15-7-3-4-9-17(15)18/h3-12,16,21H,2,13-14H2,1H3. The number of fused-ring (bicyclic) bond motifs is 1. The maximum Gasteiger partial charge on any atom is 0.127 e. The Kier molecular flexibility index (Phi) is 4.25. The fourth-order valence-corrected chi connectivity index (χ4v) is 2.91. The van der Waals surface area contributed by atoms with E-state index in [-0.39, 0.29) is 12.1 Å². The highest BCUT2D eigenvalue weighted by Crippen LogP contribution is 2.28. The van der Waals surface area contributed by atoms with E-state index in [4.69, 9.17) is 4.74 Å². The first-order valence-corrected chi connectivity index (χ1v) is 7.74. The number of aliphatic imine (C=N–C) groups is 1. The highest BCUT2D eigenvalue weighted by Gasteiger charge is 2.29. The second-order valence-electron chi connectivity index (χ2n) is 5.74. The van der Waals surface area contributed by atoms with Gasteiger partial charge in [-0.25, -0.2) is 0 Å². The van der Waals surface area contributed by atoms with Crippen LogP contribution in [-0.4, -0.2) is 29.6 Å². The van der Waals surface area contributed by atoms with Crippen LogP contribution in [0.3, 0.4) is 0 Å². The molecule has 3 rings (SSSR count). The molecule has 3 nitrogen and oxygen atoms in total. The number of ether oxygens (including phenoxy) is 1. The third kappa shape index (κ3) is 3.04. The summed E-state index contributed by atoms with van der Waals surface area (Å²) in [6, 6.07) is 14.1. The van der Waals surface area contributed by atoms with E-state index < -0.39 is 6.10 Å². The molecule has 0 aliphatic carbocycles. The van der Waals surface area contributed by atoms with E-state index >= 15 is 0 Å². The van der Waals surface area contributed by atoms with Crippen LogP contribution in [0.4, 0.5) is 0 Å². The van der Waals surface area contributed by atoms with Crippen molar-refractivity contribution >= 4 is 17.0 Å². The Morgan fingerprint density at radius 1 is 1.18 bits per heavy atom. The lowest BCUT2D eigenvalue weighted by atomic mass is 9.91. The van der Waals surface area contributed by atoms with Gasteiger partial charge in [0.1, 0.15) is 12.4 Å². The molecule has 1 aliphatic heterocycles. The number of rotatable bonds is 6. The maximum atomic E-state index is 10.3. The average molecular weight is 295 g/mol. The number of allylic oxidation sites excluding steroid dienone is 1. The topological polar surface area (TPSA) is 41.8 Å². The van der Waals surface area contributed by atoms with E-state index in [2.05, 4.69) is 30.1 Å². The summed E-state index contributed by atoms with van der Waals surface area (Å²) >= 11 is 0. The molecule has 0 bridgehead atoms. The number of aliphatic hydroxyl groups excluding tert-OH is 1. The van der Waals surface area contributed by atoms with E-state index in [0.29, 0.717) is 6.42 Å². The molecule has 0 saturated carbocycles. The van der Waals surface area contributed by atoms with Crippen molar-refractivity contribution in [2.24, 2.45) is 4.99 Å². The van der Waals surface area contributed by atoms with Crippen molar-refractivity contribution in [2.75, 3.05) is 6.61 Å². The summed E-state index contributed by atoms with van der Waals surface area (Å²) < 4.78 is 5.85. The average Bonchev–Trinajstić information content (AvgIpc) is 3.02. The van der Waals surface area contributed by atoms with Gasteiger partial charge >= 0.3 is 0 Å². The summed E-state index contributed by atoms with van der Waals surface area (Å²) in [4.78, 5) is 4.48. The Balaban J connectivity index is 1.66. The smallest absolute Gasteiger partial charge is 0.127 e. The zero-order valence-electron chi connectivity index (χ0n) is 12.8. The first-order chi connectivity index (χ1) is 10.7. The van der Waals surface area contributed by atoms with Crippen molar-refractivity contribution in [3.63, 3.8) is 0 Å². The Morgan fingerprint density at radius 2 is 2.00 bits per heavy atom. The zero-order valence-corrected chi connectivity index (χ0v) is 12.8. The molecule has 1 aliphatic rings. The predicted molar refractivity (Wildman–Crippen MR) is 90.7 cm³/mol. The highest BCUT2D eigenvalue weighted by molar-refractivity contribution is 5.88. The fraction of sp³-hybridized carbons (Fsp3) is 0.316. The molecule has 1 N–H and O–H groups in total. The summed E-state index contributed by atoms with van der Waals surface area (Å²) in [5.41, 5.74) is -0.262. The molecular formula is C19H21NO2. The highest BCUT2D eigenvalue weighted by atomic mass is 16.5. The van der Waals surface area contributed by atoms with Gasteiger partial charge in [0.25, 0.3) is 0 Å². The molecule has 0 spiro atoms. The third-order valence-electron chi connectivity index (χ3n) is 4.21. The molecule has 0 aromatic heterocycles. The number of aliphatic hydroxyl groups is 1. The summed E-state index contributed by atoms with van der Waals surface area (Å²) in [5, 5.41) is 12.5. The Bertz CT molecular complexity index is 688. The Labute approximate surface area is 131 Å². The van der Waals surface area contributed by atoms with Crippen molar-refractivity contribution in [3.05, 3.63) is 54.6 Å². The molecular weight excluding hydrogens is 274 g/mol. The lowest BCUT2D eigenvalue weighted by Gasteiger charge is -2.25. The minimum absolute atomic E-state index is 0.262. The second-order valence-corrected chi connectivity index (χ2v) is 5.74. The van der Waals surface area contributed by atoms with Crippen LogP contribution >= 0.6 is 0 Å². The minimum Gasteiger partial charge on any atom is -0.490 e. The SMILES string of the molecule is CCC1(CC(O)COc2cccc3ccccc23)C=CC=N1. The van der Waals surface area contributed by atoms with Crippen molar-refractivity contribution in [3.8, 4) is 5.75 Å². The van der Waals surface area contributed by atoms with Crippen LogP contribution in [0, 0.1) is 0 Å². The van der Waals surface area contributed by atoms with Crippen LogP contribution in [0.5, 0.6) is 5.75 Å². The number of nitrogens with zero attached hydrogens (tertiary/aromatic N) is 1. The number of hydrogen-bond acceptors (Lipinski definition) is 3. The van der Waals surface area contributed by atoms with Gasteiger partial charge in [0.15, 0.2) is 0 Å². The molecule has 0 saturated heterocycles. The second kappa shape index (κ2) is 6.32. The van der Waals surface area contributed by atoms with E-state index in [1.165, 1.54) is 0 Å². The zero-order chi connectivity index (χ0) is 15.4. The predicted octanol–water partition coefficient (Wildman–Crippen LogP) is 3.76. The molecule has 1 heterocycles. The van der Waals surface area contributed by atoms with Crippen LogP contribution < -0.4 is 4.74 Å². The van der Waals surface area contributed by atoms with Gasteiger partial charge < -0.3 is 9.84 Å². The van der Waals surface area contributed by atoms with E-state index in [0.717, 1.165) is 22.9 Å². The van der Waals surface area contributed by atoms with Gasteiger partial charge in [0.2, 0.25) is 0 Å². The summed E-state index contributed by atoms with van der Waals surface area (Å²) in [6.07, 6.45) is 6.74. The fourth-order valence-electron chi connectivity index (χ4n) is 2.91. The molecule has 0 amide bonds. The molecule has 2 aromatic carbocycles. The van der Waals surface area contributed by atoms with Crippen LogP contribution in [0.25, 0.3) is 10.8 Å². The van der Waals surface area contributed by atoms with Gasteiger partial charge in [-0.15, -0.1) is 0 Å². The van der Waals surface area contributed by atoms with Crippen LogP contribution in [0.15, 0.2) is 59.6 Å². The van der Waals surface area contributed by atoms with Crippen molar-refractivity contribution < 1.29 is 9.84 Å². The Hall–Kier alpha value is -2.13. The molecule has 114 valence electrons. The Morgan fingerprint density at radius 3 is 2.77 bits per heavy atom. The number of hydrogen-bond donors (Lipinski definition) is 1. The molecule has 2 atom stereocenters. The third-order valence-corrected chi connectivity index (χ3v) is 4.21. The monoisotopic (exact) mass is 295 g/mol. The van der Waals surface area contributed by atoms with Gasteiger partial charge in [-0.05, 0) is 23.9 Å². The first-order valence-electron chi connectivity index (χ1n) is 7.74. The van der Waals surface area contributed by atoms with E-state index in [9.17, 15) is 5.11 Å². The first kappa shape index (κ1) is 14.8.